The van der Waals surface area contributed by atoms with Crippen LogP contribution in [-0.2, 0) is 6.42 Å². The summed E-state index contributed by atoms with van der Waals surface area (Å²) in [5.41, 5.74) is 0. The highest BCUT2D eigenvalue weighted by Crippen LogP contribution is 2.12. The molecule has 0 aliphatic heterocycles. The van der Waals surface area contributed by atoms with E-state index >= 15 is 0 Å². The first-order valence-corrected chi connectivity index (χ1v) is 6.18. The van der Waals surface area contributed by atoms with Crippen LogP contribution >= 0.6 is 11.3 Å². The van der Waals surface area contributed by atoms with Crippen molar-refractivity contribution < 1.29 is 10.2 Å². The molecule has 1 aromatic heterocycles. The van der Waals surface area contributed by atoms with Crippen LogP contribution in [0.15, 0.2) is 17.5 Å². The average Bonchev–Trinajstić information content (AvgIpc) is 2.76. The zero-order valence-corrected chi connectivity index (χ0v) is 9.83. The predicted octanol–water partition coefficient (Wildman–Crippen LogP) is 1.01. The Morgan fingerprint density at radius 1 is 1.33 bits per heavy atom. The third-order valence-electron chi connectivity index (χ3n) is 2.43. The van der Waals surface area contributed by atoms with E-state index in [0.717, 1.165) is 12.8 Å². The van der Waals surface area contributed by atoms with Crippen LogP contribution in [0, 0.1) is 0 Å². The van der Waals surface area contributed by atoms with Crippen LogP contribution in [-0.4, -0.2) is 35.5 Å². The Morgan fingerprint density at radius 2 is 2.07 bits per heavy atom. The number of hydrogen-bond donors (Lipinski definition) is 3. The maximum absolute atomic E-state index is 8.98. The second-order valence-electron chi connectivity index (χ2n) is 3.62. The summed E-state index contributed by atoms with van der Waals surface area (Å²) in [4.78, 5) is 1.34. The molecule has 0 spiro atoms. The van der Waals surface area contributed by atoms with Gasteiger partial charge in [-0.15, -0.1) is 11.3 Å². The summed E-state index contributed by atoms with van der Waals surface area (Å²) in [6, 6.07) is 4.28. The highest BCUT2D eigenvalue weighted by Gasteiger charge is 2.13. The molecule has 0 aromatic carbocycles. The predicted molar refractivity (Wildman–Crippen MR) is 63.2 cm³/mol. The molecule has 0 bridgehead atoms. The fourth-order valence-corrected chi connectivity index (χ4v) is 2.28. The first-order valence-electron chi connectivity index (χ1n) is 5.30. The van der Waals surface area contributed by atoms with Crippen LogP contribution in [0.25, 0.3) is 0 Å². The molecule has 3 N–H and O–H groups in total. The molecule has 1 rings (SSSR count). The van der Waals surface area contributed by atoms with Gasteiger partial charge in [-0.25, -0.2) is 0 Å². The molecule has 1 atom stereocenters. The lowest BCUT2D eigenvalue weighted by Gasteiger charge is -2.21. The minimum absolute atomic E-state index is 0.0164. The van der Waals surface area contributed by atoms with Crippen molar-refractivity contribution in [1.29, 1.82) is 0 Å². The van der Waals surface area contributed by atoms with E-state index in [0.29, 0.717) is 6.04 Å². The monoisotopic (exact) mass is 229 g/mol. The summed E-state index contributed by atoms with van der Waals surface area (Å²) < 4.78 is 0. The van der Waals surface area contributed by atoms with E-state index in [-0.39, 0.29) is 19.3 Å². The first kappa shape index (κ1) is 12.6. The summed E-state index contributed by atoms with van der Waals surface area (Å²) in [5.74, 6) is 0. The van der Waals surface area contributed by atoms with E-state index < -0.39 is 0 Å². The Labute approximate surface area is 94.8 Å². The van der Waals surface area contributed by atoms with Crippen LogP contribution in [0.2, 0.25) is 0 Å². The fraction of sp³-hybridized carbons (Fsp3) is 0.636. The van der Waals surface area contributed by atoms with E-state index in [9.17, 15) is 0 Å². The maximum atomic E-state index is 8.98. The molecule has 0 aliphatic carbocycles. The van der Waals surface area contributed by atoms with Gasteiger partial charge < -0.3 is 15.5 Å². The minimum Gasteiger partial charge on any atom is -0.395 e. The molecule has 1 unspecified atom stereocenters. The topological polar surface area (TPSA) is 52.5 Å². The van der Waals surface area contributed by atoms with Crippen LogP contribution in [0.3, 0.4) is 0 Å². The van der Waals surface area contributed by atoms with Gasteiger partial charge in [0.05, 0.1) is 19.3 Å². The summed E-state index contributed by atoms with van der Waals surface area (Å²) in [6.45, 7) is 2.08. The molecule has 0 saturated heterocycles. The first-order chi connectivity index (χ1) is 7.30. The number of nitrogens with one attached hydrogen (secondary N) is 1. The second kappa shape index (κ2) is 6.95. The van der Waals surface area contributed by atoms with Gasteiger partial charge in [-0.1, -0.05) is 13.0 Å². The SMILES string of the molecule is CCC(Cc1cccs1)NC(CO)CO. The van der Waals surface area contributed by atoms with Crippen molar-refractivity contribution in [2.45, 2.75) is 31.8 Å². The highest BCUT2D eigenvalue weighted by atomic mass is 32.1. The molecule has 15 heavy (non-hydrogen) atoms. The molecule has 3 nitrogen and oxygen atoms in total. The molecular weight excluding hydrogens is 210 g/mol. The number of aliphatic hydroxyl groups is 2. The van der Waals surface area contributed by atoms with Crippen molar-refractivity contribution in [3.8, 4) is 0 Å². The van der Waals surface area contributed by atoms with Gasteiger partial charge in [0.15, 0.2) is 0 Å². The second-order valence-corrected chi connectivity index (χ2v) is 4.65. The van der Waals surface area contributed by atoms with Crippen molar-refractivity contribution in [2.75, 3.05) is 13.2 Å². The van der Waals surface area contributed by atoms with Crippen LogP contribution in [0.4, 0.5) is 0 Å². The highest BCUT2D eigenvalue weighted by molar-refractivity contribution is 7.09. The summed E-state index contributed by atoms with van der Waals surface area (Å²) in [7, 11) is 0. The maximum Gasteiger partial charge on any atom is 0.0607 e. The number of thiophene rings is 1. The molecular formula is C11H19NO2S. The van der Waals surface area contributed by atoms with E-state index in [4.69, 9.17) is 10.2 Å². The zero-order valence-electron chi connectivity index (χ0n) is 9.02. The van der Waals surface area contributed by atoms with Gasteiger partial charge in [-0.2, -0.15) is 0 Å². The summed E-state index contributed by atoms with van der Waals surface area (Å²) in [5, 5.41) is 23.3. The Bertz CT molecular complexity index is 247. The van der Waals surface area contributed by atoms with E-state index in [1.54, 1.807) is 11.3 Å². The summed E-state index contributed by atoms with van der Waals surface area (Å²) in [6.07, 6.45) is 1.96. The quantitative estimate of drug-likeness (QED) is 0.654. The van der Waals surface area contributed by atoms with E-state index in [2.05, 4.69) is 23.7 Å². The molecule has 1 aromatic rings. The lowest BCUT2D eigenvalue weighted by atomic mass is 10.1. The Kier molecular flexibility index (Phi) is 5.86. The normalized spacial score (nSPS) is 13.3. The Morgan fingerprint density at radius 3 is 2.53 bits per heavy atom. The van der Waals surface area contributed by atoms with Gasteiger partial charge in [0.25, 0.3) is 0 Å². The standard InChI is InChI=1S/C11H19NO2S/c1-2-9(12-10(7-13)8-14)6-11-4-3-5-15-11/h3-5,9-10,12-14H,2,6-8H2,1H3. The fourth-order valence-electron chi connectivity index (χ4n) is 1.49. The van der Waals surface area contributed by atoms with Crippen LogP contribution < -0.4 is 5.32 Å². The zero-order chi connectivity index (χ0) is 11.1. The molecule has 0 amide bonds. The van der Waals surface area contributed by atoms with Gasteiger partial charge in [-0.05, 0) is 24.3 Å². The smallest absolute Gasteiger partial charge is 0.0607 e. The number of rotatable bonds is 7. The molecule has 86 valence electrons. The lowest BCUT2D eigenvalue weighted by molar-refractivity contribution is 0.161. The minimum atomic E-state index is -0.199. The number of hydrogen-bond acceptors (Lipinski definition) is 4. The van der Waals surface area contributed by atoms with Crippen molar-refractivity contribution in [2.24, 2.45) is 0 Å². The van der Waals surface area contributed by atoms with Crippen molar-refractivity contribution >= 4 is 11.3 Å². The van der Waals surface area contributed by atoms with Gasteiger partial charge in [0, 0.05) is 10.9 Å². The van der Waals surface area contributed by atoms with Crippen molar-refractivity contribution in [3.05, 3.63) is 22.4 Å². The van der Waals surface area contributed by atoms with Crippen molar-refractivity contribution in [3.63, 3.8) is 0 Å². The molecule has 1 heterocycles. The average molecular weight is 229 g/mol. The summed E-state index contributed by atoms with van der Waals surface area (Å²) >= 11 is 1.74. The van der Waals surface area contributed by atoms with E-state index in [1.165, 1.54) is 4.88 Å². The molecule has 0 fully saturated rings. The van der Waals surface area contributed by atoms with Gasteiger partial charge in [0.1, 0.15) is 0 Å². The number of aliphatic hydroxyl groups excluding tert-OH is 2. The molecule has 0 saturated carbocycles. The molecule has 0 aliphatic rings. The lowest BCUT2D eigenvalue weighted by Crippen LogP contribution is -2.43. The van der Waals surface area contributed by atoms with Gasteiger partial charge in [0.2, 0.25) is 0 Å². The third kappa shape index (κ3) is 4.30. The Balaban J connectivity index is 2.42. The van der Waals surface area contributed by atoms with E-state index in [1.807, 2.05) is 6.07 Å². The molecule has 0 radical (unpaired) electrons. The van der Waals surface area contributed by atoms with Crippen LogP contribution in [0.1, 0.15) is 18.2 Å². The van der Waals surface area contributed by atoms with Gasteiger partial charge >= 0.3 is 0 Å². The largest absolute Gasteiger partial charge is 0.395 e. The Hall–Kier alpha value is -0.420. The van der Waals surface area contributed by atoms with Crippen LogP contribution in [0.5, 0.6) is 0 Å². The van der Waals surface area contributed by atoms with Gasteiger partial charge in [-0.3, -0.25) is 0 Å². The third-order valence-corrected chi connectivity index (χ3v) is 3.33. The van der Waals surface area contributed by atoms with Crippen molar-refractivity contribution in [1.82, 2.24) is 5.32 Å². The molecule has 4 heteroatoms.